The van der Waals surface area contributed by atoms with Crippen molar-refractivity contribution in [1.82, 2.24) is 10.1 Å². The summed E-state index contributed by atoms with van der Waals surface area (Å²) in [6.45, 7) is 2.71. The minimum absolute atomic E-state index is 0.218. The molecule has 2 rings (SSSR count). The number of aliphatic hydroxyl groups excluding tert-OH is 1. The molecule has 114 valence electrons. The molecule has 0 aliphatic rings. The molecule has 1 atom stereocenters. The Hall–Kier alpha value is -1.92. The first-order valence-electron chi connectivity index (χ1n) is 6.94. The van der Waals surface area contributed by atoms with Gasteiger partial charge in [-0.2, -0.15) is 4.98 Å². The zero-order chi connectivity index (χ0) is 15.1. The summed E-state index contributed by atoms with van der Waals surface area (Å²) in [6.07, 6.45) is 0.870. The molecule has 0 aliphatic heterocycles. The van der Waals surface area contributed by atoms with Crippen molar-refractivity contribution in [2.75, 3.05) is 13.7 Å². The number of aliphatic hydroxyl groups is 1. The van der Waals surface area contributed by atoms with Gasteiger partial charge in [0.25, 0.3) is 5.89 Å². The van der Waals surface area contributed by atoms with E-state index in [2.05, 4.69) is 10.1 Å². The zero-order valence-electron chi connectivity index (χ0n) is 12.3. The normalized spacial score (nSPS) is 12.3. The summed E-state index contributed by atoms with van der Waals surface area (Å²) in [7, 11) is 1.63. The van der Waals surface area contributed by atoms with Crippen molar-refractivity contribution >= 4 is 0 Å². The molecule has 0 saturated carbocycles. The average Bonchev–Trinajstić information content (AvgIpc) is 2.98. The minimum atomic E-state index is -0.432. The lowest BCUT2D eigenvalue weighted by Gasteiger charge is -2.09. The van der Waals surface area contributed by atoms with Crippen molar-refractivity contribution in [3.8, 4) is 5.75 Å². The Labute approximate surface area is 123 Å². The van der Waals surface area contributed by atoms with Crippen LogP contribution < -0.4 is 4.74 Å². The molecule has 0 radical (unpaired) electrons. The maximum atomic E-state index is 9.72. The summed E-state index contributed by atoms with van der Waals surface area (Å²) in [6, 6.07) is 7.33. The largest absolute Gasteiger partial charge is 0.484 e. The van der Waals surface area contributed by atoms with Gasteiger partial charge in [0.15, 0.2) is 12.4 Å². The fraction of sp³-hybridized carbons (Fsp3) is 0.467. The lowest BCUT2D eigenvalue weighted by atomic mass is 10.1. The van der Waals surface area contributed by atoms with E-state index in [0.29, 0.717) is 36.9 Å². The Morgan fingerprint density at radius 1 is 1.29 bits per heavy atom. The fourth-order valence-electron chi connectivity index (χ4n) is 1.81. The molecular weight excluding hydrogens is 272 g/mol. The van der Waals surface area contributed by atoms with Gasteiger partial charge in [-0.05, 0) is 24.1 Å². The average molecular weight is 292 g/mol. The molecule has 2 aromatic rings. The van der Waals surface area contributed by atoms with Crippen LogP contribution in [0.2, 0.25) is 0 Å². The van der Waals surface area contributed by atoms with E-state index in [0.717, 1.165) is 5.56 Å². The number of rotatable bonds is 8. The molecule has 0 aliphatic carbocycles. The van der Waals surface area contributed by atoms with Gasteiger partial charge in [-0.3, -0.25) is 0 Å². The molecule has 0 fully saturated rings. The molecule has 1 aromatic carbocycles. The van der Waals surface area contributed by atoms with Crippen LogP contribution in [0.25, 0.3) is 0 Å². The van der Waals surface area contributed by atoms with Crippen LogP contribution in [0.4, 0.5) is 0 Å². The van der Waals surface area contributed by atoms with E-state index in [1.54, 1.807) is 7.11 Å². The number of nitrogens with zero attached hydrogens (tertiary/aromatic N) is 2. The molecule has 6 nitrogen and oxygen atoms in total. The van der Waals surface area contributed by atoms with Crippen LogP contribution in [0.15, 0.2) is 28.8 Å². The summed E-state index contributed by atoms with van der Waals surface area (Å²) in [5.74, 6) is 1.73. The van der Waals surface area contributed by atoms with Gasteiger partial charge < -0.3 is 19.1 Å². The van der Waals surface area contributed by atoms with Crippen LogP contribution in [0, 0.1) is 0 Å². The molecule has 0 spiro atoms. The zero-order valence-corrected chi connectivity index (χ0v) is 12.3. The summed E-state index contributed by atoms with van der Waals surface area (Å²) >= 11 is 0. The Balaban J connectivity index is 1.86. The van der Waals surface area contributed by atoms with E-state index in [1.165, 1.54) is 0 Å². The molecule has 1 aromatic heterocycles. The second kappa shape index (κ2) is 7.75. The quantitative estimate of drug-likeness (QED) is 0.804. The Morgan fingerprint density at radius 2 is 2.05 bits per heavy atom. The van der Waals surface area contributed by atoms with Gasteiger partial charge >= 0.3 is 0 Å². The maximum Gasteiger partial charge on any atom is 0.264 e. The summed E-state index contributed by atoms with van der Waals surface area (Å²) in [5, 5.41) is 13.6. The van der Waals surface area contributed by atoms with Crippen molar-refractivity contribution in [1.29, 1.82) is 0 Å². The topological polar surface area (TPSA) is 77.6 Å². The van der Waals surface area contributed by atoms with Crippen molar-refractivity contribution in [3.63, 3.8) is 0 Å². The van der Waals surface area contributed by atoms with Gasteiger partial charge in [-0.25, -0.2) is 0 Å². The lowest BCUT2D eigenvalue weighted by Crippen LogP contribution is -1.99. The SMILES string of the molecule is CCC(O)c1ccc(OCc2nc(CCOC)no2)cc1. The fourth-order valence-corrected chi connectivity index (χ4v) is 1.81. The van der Waals surface area contributed by atoms with Crippen molar-refractivity contribution in [2.24, 2.45) is 0 Å². The molecule has 1 unspecified atom stereocenters. The van der Waals surface area contributed by atoms with E-state index >= 15 is 0 Å². The predicted octanol–water partition coefficient (Wildman–Crippen LogP) is 2.28. The van der Waals surface area contributed by atoms with Crippen LogP contribution >= 0.6 is 0 Å². The third-order valence-corrected chi connectivity index (χ3v) is 3.05. The van der Waals surface area contributed by atoms with Crippen LogP contribution in [0.5, 0.6) is 5.75 Å². The van der Waals surface area contributed by atoms with Gasteiger partial charge in [0.2, 0.25) is 0 Å². The van der Waals surface area contributed by atoms with Gasteiger partial charge in [0.05, 0.1) is 12.7 Å². The standard InChI is InChI=1S/C15H20N2O4/c1-3-13(18)11-4-6-12(7-5-11)20-10-15-16-14(17-21-15)8-9-19-2/h4-7,13,18H,3,8-10H2,1-2H3. The third kappa shape index (κ3) is 4.54. The van der Waals surface area contributed by atoms with Crippen LogP contribution in [0.3, 0.4) is 0 Å². The molecule has 1 heterocycles. The molecule has 6 heteroatoms. The number of benzene rings is 1. The van der Waals surface area contributed by atoms with Gasteiger partial charge in [-0.1, -0.05) is 24.2 Å². The first-order valence-corrected chi connectivity index (χ1v) is 6.94. The van der Waals surface area contributed by atoms with E-state index in [4.69, 9.17) is 14.0 Å². The van der Waals surface area contributed by atoms with Crippen LogP contribution in [-0.2, 0) is 17.8 Å². The predicted molar refractivity (Wildman–Crippen MR) is 75.9 cm³/mol. The van der Waals surface area contributed by atoms with Crippen LogP contribution in [0.1, 0.15) is 36.7 Å². The number of hydrogen-bond donors (Lipinski definition) is 1. The Bertz CT molecular complexity index is 539. The molecule has 1 N–H and O–H groups in total. The number of hydrogen-bond acceptors (Lipinski definition) is 6. The van der Waals surface area contributed by atoms with E-state index in [9.17, 15) is 5.11 Å². The summed E-state index contributed by atoms with van der Waals surface area (Å²) < 4.78 is 15.6. The highest BCUT2D eigenvalue weighted by Gasteiger charge is 2.08. The Morgan fingerprint density at radius 3 is 2.71 bits per heavy atom. The first-order chi connectivity index (χ1) is 10.2. The van der Waals surface area contributed by atoms with Gasteiger partial charge in [0.1, 0.15) is 5.75 Å². The summed E-state index contributed by atoms with van der Waals surface area (Å²) in [4.78, 5) is 4.20. The molecule has 21 heavy (non-hydrogen) atoms. The lowest BCUT2D eigenvalue weighted by molar-refractivity contribution is 0.173. The van der Waals surface area contributed by atoms with Crippen molar-refractivity contribution in [3.05, 3.63) is 41.5 Å². The highest BCUT2D eigenvalue weighted by atomic mass is 16.5. The van der Waals surface area contributed by atoms with Crippen molar-refractivity contribution < 1.29 is 19.1 Å². The van der Waals surface area contributed by atoms with E-state index in [-0.39, 0.29) is 6.61 Å². The third-order valence-electron chi connectivity index (χ3n) is 3.05. The van der Waals surface area contributed by atoms with Crippen LogP contribution in [-0.4, -0.2) is 29.0 Å². The Kier molecular flexibility index (Phi) is 5.71. The molecule has 0 saturated heterocycles. The van der Waals surface area contributed by atoms with E-state index < -0.39 is 6.10 Å². The second-order valence-corrected chi connectivity index (χ2v) is 4.63. The van der Waals surface area contributed by atoms with E-state index in [1.807, 2.05) is 31.2 Å². The number of methoxy groups -OCH3 is 1. The smallest absolute Gasteiger partial charge is 0.264 e. The monoisotopic (exact) mass is 292 g/mol. The maximum absolute atomic E-state index is 9.72. The second-order valence-electron chi connectivity index (χ2n) is 4.63. The van der Waals surface area contributed by atoms with Gasteiger partial charge in [-0.15, -0.1) is 0 Å². The highest BCUT2D eigenvalue weighted by molar-refractivity contribution is 5.28. The highest BCUT2D eigenvalue weighted by Crippen LogP contribution is 2.20. The molecule has 0 bridgehead atoms. The minimum Gasteiger partial charge on any atom is -0.484 e. The number of aromatic nitrogens is 2. The number of ether oxygens (including phenoxy) is 2. The van der Waals surface area contributed by atoms with Gasteiger partial charge in [0, 0.05) is 13.5 Å². The summed E-state index contributed by atoms with van der Waals surface area (Å²) in [5.41, 5.74) is 0.879. The first kappa shape index (κ1) is 15.5. The molecular formula is C15H20N2O4. The molecule has 0 amide bonds. The van der Waals surface area contributed by atoms with Crippen molar-refractivity contribution in [2.45, 2.75) is 32.5 Å².